The molecule has 6 heteroatoms. The summed E-state index contributed by atoms with van der Waals surface area (Å²) < 4.78 is 5.50. The highest BCUT2D eigenvalue weighted by atomic mass is 32.2. The van der Waals surface area contributed by atoms with Gasteiger partial charge in [-0.05, 0) is 37.1 Å². The molecular formula is C23H34N4OS. The predicted octanol–water partition coefficient (Wildman–Crippen LogP) is 5.15. The van der Waals surface area contributed by atoms with E-state index in [2.05, 4.69) is 22.7 Å². The number of nitrogens with zero attached hydrogens (tertiary/aromatic N) is 3. The number of benzene rings is 1. The van der Waals surface area contributed by atoms with Gasteiger partial charge in [-0.3, -0.25) is 0 Å². The SMILES string of the molecule is CC.Nc1ccc(-c2nc(CSC3CCCCC3)cc(N3CCOCC3)n2)cc1. The Balaban J connectivity index is 0.00000117. The highest BCUT2D eigenvalue weighted by Gasteiger charge is 2.18. The molecule has 2 heterocycles. The Bertz CT molecular complexity index is 741. The Kier molecular flexibility index (Phi) is 8.62. The smallest absolute Gasteiger partial charge is 0.161 e. The van der Waals surface area contributed by atoms with E-state index in [0.717, 1.165) is 65.9 Å². The van der Waals surface area contributed by atoms with Crippen molar-refractivity contribution in [3.8, 4) is 11.4 Å². The summed E-state index contributed by atoms with van der Waals surface area (Å²) >= 11 is 2.06. The number of morpholine rings is 1. The number of hydrogen-bond acceptors (Lipinski definition) is 6. The standard InChI is InChI=1S/C21H28N4OS.C2H6/c22-17-8-6-16(7-9-17)21-23-18(15-27-19-4-2-1-3-5-19)14-20(24-21)25-10-12-26-13-11-25;1-2/h6-9,14,19H,1-5,10-13,15,22H2;1-2H3. The molecule has 1 aliphatic carbocycles. The quantitative estimate of drug-likeness (QED) is 0.682. The van der Waals surface area contributed by atoms with Crippen LogP contribution in [0, 0.1) is 0 Å². The normalized spacial score (nSPS) is 17.5. The molecule has 0 spiro atoms. The summed E-state index contributed by atoms with van der Waals surface area (Å²) in [5, 5.41) is 0.778. The summed E-state index contributed by atoms with van der Waals surface area (Å²) in [7, 11) is 0. The van der Waals surface area contributed by atoms with Gasteiger partial charge in [-0.2, -0.15) is 11.8 Å². The zero-order valence-electron chi connectivity index (χ0n) is 17.8. The number of anilines is 2. The van der Waals surface area contributed by atoms with Gasteiger partial charge in [0.25, 0.3) is 0 Å². The molecule has 2 fully saturated rings. The average molecular weight is 415 g/mol. The zero-order chi connectivity index (χ0) is 20.5. The maximum atomic E-state index is 5.85. The van der Waals surface area contributed by atoms with E-state index in [1.807, 2.05) is 38.1 Å². The van der Waals surface area contributed by atoms with E-state index in [9.17, 15) is 0 Å². The number of aromatic nitrogens is 2. The third-order valence-corrected chi connectivity index (χ3v) is 6.69. The topological polar surface area (TPSA) is 64.3 Å². The minimum atomic E-state index is 0.757. The van der Waals surface area contributed by atoms with Crippen molar-refractivity contribution >= 4 is 23.3 Å². The average Bonchev–Trinajstić information content (AvgIpc) is 2.80. The minimum Gasteiger partial charge on any atom is -0.399 e. The van der Waals surface area contributed by atoms with Gasteiger partial charge in [0.1, 0.15) is 5.82 Å². The zero-order valence-corrected chi connectivity index (χ0v) is 18.6. The van der Waals surface area contributed by atoms with Gasteiger partial charge in [0.05, 0.1) is 18.9 Å². The van der Waals surface area contributed by atoms with E-state index in [1.54, 1.807) is 0 Å². The Labute approximate surface area is 179 Å². The molecule has 0 unspecified atom stereocenters. The summed E-state index contributed by atoms with van der Waals surface area (Å²) in [6.45, 7) is 7.28. The first-order valence-corrected chi connectivity index (χ1v) is 12.0. The van der Waals surface area contributed by atoms with Gasteiger partial charge in [-0.1, -0.05) is 33.1 Å². The van der Waals surface area contributed by atoms with Gasteiger partial charge < -0.3 is 15.4 Å². The number of rotatable bonds is 5. The van der Waals surface area contributed by atoms with Gasteiger partial charge in [0.15, 0.2) is 5.82 Å². The molecule has 158 valence electrons. The second kappa shape index (κ2) is 11.4. The molecule has 0 atom stereocenters. The number of thioether (sulfide) groups is 1. The van der Waals surface area contributed by atoms with Crippen LogP contribution in [0.15, 0.2) is 30.3 Å². The molecule has 0 amide bonds. The van der Waals surface area contributed by atoms with Crippen molar-refractivity contribution in [2.75, 3.05) is 36.9 Å². The fraction of sp³-hybridized carbons (Fsp3) is 0.565. The van der Waals surface area contributed by atoms with Crippen LogP contribution >= 0.6 is 11.8 Å². The minimum absolute atomic E-state index is 0.757. The first-order chi connectivity index (χ1) is 14.3. The first-order valence-electron chi connectivity index (χ1n) is 11.0. The highest BCUT2D eigenvalue weighted by molar-refractivity contribution is 7.99. The van der Waals surface area contributed by atoms with Gasteiger partial charge in [-0.15, -0.1) is 0 Å². The highest BCUT2D eigenvalue weighted by Crippen LogP contribution is 2.31. The lowest BCUT2D eigenvalue weighted by molar-refractivity contribution is 0.122. The van der Waals surface area contributed by atoms with Crippen molar-refractivity contribution in [1.82, 2.24) is 9.97 Å². The van der Waals surface area contributed by atoms with Gasteiger partial charge >= 0.3 is 0 Å². The van der Waals surface area contributed by atoms with Crippen LogP contribution < -0.4 is 10.6 Å². The van der Waals surface area contributed by atoms with Crippen LogP contribution in [0.3, 0.4) is 0 Å². The summed E-state index contributed by atoms with van der Waals surface area (Å²) in [5.74, 6) is 2.75. The van der Waals surface area contributed by atoms with Crippen LogP contribution in [0.1, 0.15) is 51.6 Å². The summed E-state index contributed by atoms with van der Waals surface area (Å²) in [5.41, 5.74) is 8.74. The molecule has 2 N–H and O–H groups in total. The van der Waals surface area contributed by atoms with Crippen molar-refractivity contribution in [2.24, 2.45) is 0 Å². The number of nitrogens with two attached hydrogens (primary N) is 1. The van der Waals surface area contributed by atoms with Crippen molar-refractivity contribution < 1.29 is 4.74 Å². The Hall–Kier alpha value is -1.79. The number of hydrogen-bond donors (Lipinski definition) is 1. The van der Waals surface area contributed by atoms with Crippen molar-refractivity contribution in [2.45, 2.75) is 57.0 Å². The van der Waals surface area contributed by atoms with Crippen LogP contribution in [-0.2, 0) is 10.5 Å². The molecule has 5 nitrogen and oxygen atoms in total. The van der Waals surface area contributed by atoms with Crippen molar-refractivity contribution in [3.05, 3.63) is 36.0 Å². The fourth-order valence-electron chi connectivity index (χ4n) is 3.71. The lowest BCUT2D eigenvalue weighted by Gasteiger charge is -2.28. The second-order valence-corrected chi connectivity index (χ2v) is 8.62. The fourth-order valence-corrected chi connectivity index (χ4v) is 4.93. The molecule has 1 aliphatic heterocycles. The first kappa shape index (κ1) is 21.9. The predicted molar refractivity (Wildman–Crippen MR) is 124 cm³/mol. The van der Waals surface area contributed by atoms with E-state index < -0.39 is 0 Å². The molecule has 2 aromatic rings. The molecular weight excluding hydrogens is 380 g/mol. The van der Waals surface area contributed by atoms with Crippen LogP contribution in [0.25, 0.3) is 11.4 Å². The van der Waals surface area contributed by atoms with E-state index in [-0.39, 0.29) is 0 Å². The van der Waals surface area contributed by atoms with Gasteiger partial charge in [0.2, 0.25) is 0 Å². The molecule has 0 radical (unpaired) electrons. The molecule has 1 aromatic carbocycles. The largest absolute Gasteiger partial charge is 0.399 e. The maximum absolute atomic E-state index is 5.85. The van der Waals surface area contributed by atoms with Crippen molar-refractivity contribution in [1.29, 1.82) is 0 Å². The summed E-state index contributed by atoms with van der Waals surface area (Å²) in [6, 6.07) is 10.0. The van der Waals surface area contributed by atoms with Crippen LogP contribution in [0.2, 0.25) is 0 Å². The number of ether oxygens (including phenoxy) is 1. The summed E-state index contributed by atoms with van der Waals surface area (Å²) in [6.07, 6.45) is 6.83. The monoisotopic (exact) mass is 414 g/mol. The van der Waals surface area contributed by atoms with Crippen LogP contribution in [0.5, 0.6) is 0 Å². The van der Waals surface area contributed by atoms with Gasteiger partial charge in [-0.25, -0.2) is 9.97 Å². The lowest BCUT2D eigenvalue weighted by atomic mass is 10.0. The molecule has 29 heavy (non-hydrogen) atoms. The molecule has 2 aliphatic rings. The molecule has 1 saturated carbocycles. The van der Waals surface area contributed by atoms with E-state index in [4.69, 9.17) is 20.4 Å². The van der Waals surface area contributed by atoms with Crippen LogP contribution in [-0.4, -0.2) is 41.5 Å². The third-order valence-electron chi connectivity index (χ3n) is 5.29. The Morgan fingerprint density at radius 3 is 2.41 bits per heavy atom. The summed E-state index contributed by atoms with van der Waals surface area (Å²) in [4.78, 5) is 12.0. The molecule has 1 saturated heterocycles. The van der Waals surface area contributed by atoms with Gasteiger partial charge in [0, 0.05) is 41.4 Å². The molecule has 1 aromatic heterocycles. The number of nitrogen functional groups attached to an aromatic ring is 1. The third kappa shape index (κ3) is 6.34. The molecule has 4 rings (SSSR count). The van der Waals surface area contributed by atoms with Crippen LogP contribution in [0.4, 0.5) is 11.5 Å². The maximum Gasteiger partial charge on any atom is 0.161 e. The molecule has 0 bridgehead atoms. The second-order valence-electron chi connectivity index (χ2n) is 7.33. The Morgan fingerprint density at radius 1 is 1.03 bits per heavy atom. The van der Waals surface area contributed by atoms with E-state index >= 15 is 0 Å². The van der Waals surface area contributed by atoms with E-state index in [1.165, 1.54) is 32.1 Å². The van der Waals surface area contributed by atoms with Crippen molar-refractivity contribution in [3.63, 3.8) is 0 Å². The lowest BCUT2D eigenvalue weighted by Crippen LogP contribution is -2.37. The van der Waals surface area contributed by atoms with E-state index in [0.29, 0.717) is 0 Å². The Morgan fingerprint density at radius 2 is 1.72 bits per heavy atom.